The highest BCUT2D eigenvalue weighted by Crippen LogP contribution is 2.21. The summed E-state index contributed by atoms with van der Waals surface area (Å²) in [6.45, 7) is 4.69. The number of nitrogens with one attached hydrogen (secondary N) is 1. The van der Waals surface area contributed by atoms with Gasteiger partial charge in [0.05, 0.1) is 17.4 Å². The lowest BCUT2D eigenvalue weighted by molar-refractivity contribution is -0.120. The van der Waals surface area contributed by atoms with E-state index in [0.29, 0.717) is 12.6 Å². The number of carbonyl (C=O) groups excluding carboxylic acids is 1. The number of carbonyl (C=O) groups is 1. The fourth-order valence-corrected chi connectivity index (χ4v) is 2.41. The molecule has 2 aromatic rings. The Hall–Kier alpha value is -1.88. The summed E-state index contributed by atoms with van der Waals surface area (Å²) in [5.41, 5.74) is 9.96. The topological polar surface area (TPSA) is 72.9 Å². The average Bonchev–Trinajstić information content (AvgIpc) is 3.13. The van der Waals surface area contributed by atoms with Crippen LogP contribution in [-0.4, -0.2) is 27.5 Å². The number of primary amides is 1. The van der Waals surface area contributed by atoms with Gasteiger partial charge in [-0.15, -0.1) is 0 Å². The number of nitrogens with two attached hydrogens (primary N) is 1. The molecule has 1 unspecified atom stereocenters. The molecule has 20 heavy (non-hydrogen) atoms. The van der Waals surface area contributed by atoms with Crippen molar-refractivity contribution in [3.63, 3.8) is 0 Å². The Labute approximate surface area is 118 Å². The quantitative estimate of drug-likeness (QED) is 0.860. The lowest BCUT2D eigenvalue weighted by Gasteiger charge is -2.16. The maximum Gasteiger partial charge on any atom is 0.236 e. The zero-order valence-corrected chi connectivity index (χ0v) is 11.9. The molecule has 1 saturated carbocycles. The van der Waals surface area contributed by atoms with Gasteiger partial charge in [0.25, 0.3) is 0 Å². The van der Waals surface area contributed by atoms with Crippen LogP contribution in [0.1, 0.15) is 24.0 Å². The number of benzene rings is 1. The minimum Gasteiger partial charge on any atom is -0.368 e. The van der Waals surface area contributed by atoms with Crippen molar-refractivity contribution in [2.24, 2.45) is 5.73 Å². The molecule has 106 valence electrons. The van der Waals surface area contributed by atoms with E-state index in [0.717, 1.165) is 23.9 Å². The monoisotopic (exact) mass is 272 g/mol. The summed E-state index contributed by atoms with van der Waals surface area (Å²) < 4.78 is 2.01. The van der Waals surface area contributed by atoms with E-state index in [4.69, 9.17) is 5.73 Å². The highest BCUT2D eigenvalue weighted by atomic mass is 16.1. The van der Waals surface area contributed by atoms with Gasteiger partial charge in [0, 0.05) is 12.6 Å². The Bertz CT molecular complexity index is 657. The number of aromatic nitrogens is 2. The van der Waals surface area contributed by atoms with Gasteiger partial charge in [-0.1, -0.05) is 0 Å². The zero-order valence-electron chi connectivity index (χ0n) is 11.9. The molecule has 1 amide bonds. The standard InChI is InChI=1S/C15H20N4O/c1-9-5-12-14(6-10(9)2)19(8-17-12)7-13(15(16)20)18-11-3-4-11/h5-6,8,11,13,18H,3-4,7H2,1-2H3,(H2,16,20). The molecule has 1 fully saturated rings. The molecule has 0 saturated heterocycles. The van der Waals surface area contributed by atoms with E-state index in [1.54, 1.807) is 6.33 Å². The Morgan fingerprint density at radius 1 is 1.45 bits per heavy atom. The van der Waals surface area contributed by atoms with Crippen LogP contribution in [0.5, 0.6) is 0 Å². The van der Waals surface area contributed by atoms with Crippen molar-refractivity contribution < 1.29 is 4.79 Å². The number of fused-ring (bicyclic) bond motifs is 1. The van der Waals surface area contributed by atoms with Crippen LogP contribution in [0.4, 0.5) is 0 Å². The minimum atomic E-state index is -0.332. The van der Waals surface area contributed by atoms with Crippen molar-refractivity contribution in [3.05, 3.63) is 29.6 Å². The number of hydrogen-bond acceptors (Lipinski definition) is 3. The van der Waals surface area contributed by atoms with Crippen LogP contribution in [0.3, 0.4) is 0 Å². The second-order valence-corrected chi connectivity index (χ2v) is 5.72. The van der Waals surface area contributed by atoms with E-state index in [1.165, 1.54) is 11.1 Å². The van der Waals surface area contributed by atoms with Crippen LogP contribution in [-0.2, 0) is 11.3 Å². The third-order valence-corrected chi connectivity index (χ3v) is 3.97. The molecule has 0 spiro atoms. The van der Waals surface area contributed by atoms with E-state index in [9.17, 15) is 4.79 Å². The number of hydrogen-bond donors (Lipinski definition) is 2. The van der Waals surface area contributed by atoms with Crippen molar-refractivity contribution >= 4 is 16.9 Å². The Morgan fingerprint density at radius 2 is 2.15 bits per heavy atom. The third-order valence-electron chi connectivity index (χ3n) is 3.97. The maximum absolute atomic E-state index is 11.6. The zero-order chi connectivity index (χ0) is 14.3. The summed E-state index contributed by atoms with van der Waals surface area (Å²) >= 11 is 0. The van der Waals surface area contributed by atoms with E-state index in [-0.39, 0.29) is 11.9 Å². The first-order chi connectivity index (χ1) is 9.54. The molecule has 0 radical (unpaired) electrons. The first-order valence-corrected chi connectivity index (χ1v) is 7.02. The molecule has 1 atom stereocenters. The smallest absolute Gasteiger partial charge is 0.236 e. The molecule has 0 aliphatic heterocycles. The van der Waals surface area contributed by atoms with E-state index in [1.807, 2.05) is 4.57 Å². The molecule has 1 heterocycles. The van der Waals surface area contributed by atoms with E-state index in [2.05, 4.69) is 36.3 Å². The Kier molecular flexibility index (Phi) is 3.22. The molecule has 5 heteroatoms. The largest absolute Gasteiger partial charge is 0.368 e. The summed E-state index contributed by atoms with van der Waals surface area (Å²) in [7, 11) is 0. The molecule has 5 nitrogen and oxygen atoms in total. The van der Waals surface area contributed by atoms with Crippen molar-refractivity contribution in [1.29, 1.82) is 0 Å². The number of aryl methyl sites for hydroxylation is 2. The number of nitrogens with zero attached hydrogens (tertiary/aromatic N) is 2. The number of amides is 1. The second-order valence-electron chi connectivity index (χ2n) is 5.72. The maximum atomic E-state index is 11.6. The van der Waals surface area contributed by atoms with Crippen molar-refractivity contribution in [2.75, 3.05) is 0 Å². The number of rotatable bonds is 5. The molecule has 3 rings (SSSR count). The van der Waals surface area contributed by atoms with Crippen LogP contribution < -0.4 is 11.1 Å². The predicted octanol–water partition coefficient (Wildman–Crippen LogP) is 1.26. The Morgan fingerprint density at radius 3 is 2.80 bits per heavy atom. The van der Waals surface area contributed by atoms with Gasteiger partial charge < -0.3 is 15.6 Å². The minimum absolute atomic E-state index is 0.303. The van der Waals surface area contributed by atoms with Crippen LogP contribution >= 0.6 is 0 Å². The highest BCUT2D eigenvalue weighted by molar-refractivity contribution is 5.81. The van der Waals surface area contributed by atoms with Gasteiger partial charge >= 0.3 is 0 Å². The molecule has 1 aliphatic rings. The summed E-state index contributed by atoms with van der Waals surface area (Å²) in [6.07, 6.45) is 4.05. The van der Waals surface area contributed by atoms with Crippen molar-refractivity contribution in [3.8, 4) is 0 Å². The molecular weight excluding hydrogens is 252 g/mol. The van der Waals surface area contributed by atoms with Crippen LogP contribution in [0.25, 0.3) is 11.0 Å². The second kappa shape index (κ2) is 4.90. The third kappa shape index (κ3) is 2.54. The molecule has 1 aromatic heterocycles. The van der Waals surface area contributed by atoms with Crippen LogP contribution in [0.15, 0.2) is 18.5 Å². The van der Waals surface area contributed by atoms with Crippen LogP contribution in [0, 0.1) is 13.8 Å². The molecule has 1 aliphatic carbocycles. The van der Waals surface area contributed by atoms with Gasteiger partial charge in [0.15, 0.2) is 0 Å². The summed E-state index contributed by atoms with van der Waals surface area (Å²) in [6, 6.07) is 4.31. The van der Waals surface area contributed by atoms with E-state index < -0.39 is 0 Å². The fourth-order valence-electron chi connectivity index (χ4n) is 2.41. The predicted molar refractivity (Wildman–Crippen MR) is 78.3 cm³/mol. The van der Waals surface area contributed by atoms with Gasteiger partial charge in [-0.2, -0.15) is 0 Å². The molecule has 1 aromatic carbocycles. The SMILES string of the molecule is Cc1cc2ncn(CC(NC3CC3)C(N)=O)c2cc1C. The first-order valence-electron chi connectivity index (χ1n) is 7.02. The van der Waals surface area contributed by atoms with Crippen LogP contribution in [0.2, 0.25) is 0 Å². The average molecular weight is 272 g/mol. The lowest BCUT2D eigenvalue weighted by atomic mass is 10.1. The summed E-state index contributed by atoms with van der Waals surface area (Å²) in [5.74, 6) is -0.303. The fraction of sp³-hybridized carbons (Fsp3) is 0.467. The normalized spacial score (nSPS) is 16.5. The molecule has 3 N–H and O–H groups in total. The van der Waals surface area contributed by atoms with Crippen molar-refractivity contribution in [2.45, 2.75) is 45.3 Å². The molecular formula is C15H20N4O. The lowest BCUT2D eigenvalue weighted by Crippen LogP contribution is -2.45. The first kappa shape index (κ1) is 13.1. The van der Waals surface area contributed by atoms with Gasteiger partial charge in [0.1, 0.15) is 6.04 Å². The summed E-state index contributed by atoms with van der Waals surface area (Å²) in [5, 5.41) is 3.30. The van der Waals surface area contributed by atoms with Gasteiger partial charge in [-0.3, -0.25) is 4.79 Å². The van der Waals surface area contributed by atoms with Gasteiger partial charge in [-0.25, -0.2) is 4.98 Å². The van der Waals surface area contributed by atoms with Gasteiger partial charge in [-0.05, 0) is 49.9 Å². The summed E-state index contributed by atoms with van der Waals surface area (Å²) in [4.78, 5) is 16.0. The number of imidazole rings is 1. The van der Waals surface area contributed by atoms with Gasteiger partial charge in [0.2, 0.25) is 5.91 Å². The highest BCUT2D eigenvalue weighted by Gasteiger charge is 2.27. The molecule has 0 bridgehead atoms. The van der Waals surface area contributed by atoms with E-state index >= 15 is 0 Å². The Balaban J connectivity index is 1.88. The van der Waals surface area contributed by atoms with Crippen molar-refractivity contribution in [1.82, 2.24) is 14.9 Å².